The molecule has 1 aliphatic carbocycles. The van der Waals surface area contributed by atoms with Gasteiger partial charge in [0, 0.05) is 19.1 Å². The second-order valence-corrected chi connectivity index (χ2v) is 7.85. The Morgan fingerprint density at radius 2 is 1.33 bits per heavy atom. The Hall–Kier alpha value is -0.0800. The molecule has 126 valence electrons. The molecule has 0 saturated heterocycles. The van der Waals surface area contributed by atoms with E-state index in [1.165, 1.54) is 77.5 Å². The molecule has 0 bridgehead atoms. The lowest BCUT2D eigenvalue weighted by Gasteiger charge is -2.25. The molecule has 0 spiro atoms. The zero-order chi connectivity index (χ0) is 15.5. The average molecular weight is 297 g/mol. The molecule has 2 heteroatoms. The lowest BCUT2D eigenvalue weighted by atomic mass is 10.1. The molecular weight excluding hydrogens is 256 g/mol. The van der Waals surface area contributed by atoms with E-state index in [4.69, 9.17) is 0 Å². The van der Waals surface area contributed by atoms with Crippen molar-refractivity contribution >= 4 is 0 Å². The van der Waals surface area contributed by atoms with Gasteiger partial charge in [0.25, 0.3) is 0 Å². The van der Waals surface area contributed by atoms with Crippen molar-refractivity contribution in [2.24, 2.45) is 11.8 Å². The Bertz CT molecular complexity index is 218. The Morgan fingerprint density at radius 3 is 1.81 bits per heavy atom. The zero-order valence-electron chi connectivity index (χ0n) is 15.2. The summed E-state index contributed by atoms with van der Waals surface area (Å²) < 4.78 is 0. The summed E-state index contributed by atoms with van der Waals surface area (Å²) in [5.41, 5.74) is 0. The number of rotatable bonds is 10. The van der Waals surface area contributed by atoms with Crippen LogP contribution in [0.15, 0.2) is 0 Å². The van der Waals surface area contributed by atoms with Gasteiger partial charge < -0.3 is 10.2 Å². The molecule has 0 heterocycles. The highest BCUT2D eigenvalue weighted by molar-refractivity contribution is 4.72. The van der Waals surface area contributed by atoms with Crippen molar-refractivity contribution in [3.63, 3.8) is 0 Å². The van der Waals surface area contributed by atoms with Crippen molar-refractivity contribution < 1.29 is 0 Å². The van der Waals surface area contributed by atoms with E-state index in [9.17, 15) is 0 Å². The van der Waals surface area contributed by atoms with Gasteiger partial charge in [0.2, 0.25) is 0 Å². The van der Waals surface area contributed by atoms with Crippen LogP contribution in [0.5, 0.6) is 0 Å². The van der Waals surface area contributed by atoms with Gasteiger partial charge in [0.1, 0.15) is 0 Å². The van der Waals surface area contributed by atoms with Gasteiger partial charge in [-0.1, -0.05) is 53.4 Å². The summed E-state index contributed by atoms with van der Waals surface area (Å²) in [5.74, 6) is 1.64. The molecule has 0 atom stereocenters. The number of hydrogen-bond donors (Lipinski definition) is 1. The fourth-order valence-corrected chi connectivity index (χ4v) is 3.13. The minimum absolute atomic E-state index is 0.796. The van der Waals surface area contributed by atoms with Crippen LogP contribution in [0.3, 0.4) is 0 Å². The van der Waals surface area contributed by atoms with Crippen LogP contribution >= 0.6 is 0 Å². The van der Waals surface area contributed by atoms with Gasteiger partial charge in [-0.25, -0.2) is 0 Å². The summed E-state index contributed by atoms with van der Waals surface area (Å²) in [6.45, 7) is 14.3. The second kappa shape index (κ2) is 11.5. The summed E-state index contributed by atoms with van der Waals surface area (Å²) in [4.78, 5) is 2.68. The molecule has 0 unspecified atom stereocenters. The fourth-order valence-electron chi connectivity index (χ4n) is 3.13. The largest absolute Gasteiger partial charge is 0.313 e. The topological polar surface area (TPSA) is 15.3 Å². The van der Waals surface area contributed by atoms with Crippen LogP contribution in [-0.2, 0) is 0 Å². The molecule has 1 N–H and O–H groups in total. The minimum Gasteiger partial charge on any atom is -0.313 e. The Kier molecular flexibility index (Phi) is 10.4. The van der Waals surface area contributed by atoms with Crippen LogP contribution in [0.2, 0.25) is 0 Å². The molecule has 0 aliphatic heterocycles. The molecule has 0 aromatic rings. The first kappa shape index (κ1) is 19.0. The molecule has 2 nitrogen and oxygen atoms in total. The first-order chi connectivity index (χ1) is 10.1. The van der Waals surface area contributed by atoms with Gasteiger partial charge in [-0.15, -0.1) is 0 Å². The molecule has 1 saturated carbocycles. The highest BCUT2D eigenvalue weighted by atomic mass is 15.1. The lowest BCUT2D eigenvalue weighted by Crippen LogP contribution is -2.38. The third-order valence-electron chi connectivity index (χ3n) is 4.76. The Balaban J connectivity index is 2.22. The van der Waals surface area contributed by atoms with Crippen LogP contribution in [0, 0.1) is 11.8 Å². The normalized spacial score (nSPS) is 17.9. The van der Waals surface area contributed by atoms with Crippen molar-refractivity contribution in [1.82, 2.24) is 10.2 Å². The van der Waals surface area contributed by atoms with Crippen molar-refractivity contribution in [3.05, 3.63) is 0 Å². The van der Waals surface area contributed by atoms with Gasteiger partial charge in [-0.05, 0) is 50.6 Å². The predicted molar refractivity (Wildman–Crippen MR) is 94.8 cm³/mol. The summed E-state index contributed by atoms with van der Waals surface area (Å²) in [5, 5.41) is 3.83. The van der Waals surface area contributed by atoms with E-state index < -0.39 is 0 Å². The standard InChI is InChI=1S/C19H40N2/c1-17(2)11-14-21(15-12-18(3)4)16-13-20-19-9-7-5-6-8-10-19/h17-20H,5-16H2,1-4H3. The van der Waals surface area contributed by atoms with E-state index in [1.54, 1.807) is 0 Å². The van der Waals surface area contributed by atoms with Gasteiger partial charge in [0.15, 0.2) is 0 Å². The molecule has 0 aromatic carbocycles. The van der Waals surface area contributed by atoms with Gasteiger partial charge in [-0.2, -0.15) is 0 Å². The molecule has 1 aliphatic rings. The van der Waals surface area contributed by atoms with Gasteiger partial charge >= 0.3 is 0 Å². The van der Waals surface area contributed by atoms with Crippen LogP contribution < -0.4 is 5.32 Å². The van der Waals surface area contributed by atoms with Crippen LogP contribution in [0.4, 0.5) is 0 Å². The molecule has 0 aromatic heterocycles. The third-order valence-corrected chi connectivity index (χ3v) is 4.76. The van der Waals surface area contributed by atoms with E-state index in [1.807, 2.05) is 0 Å². The summed E-state index contributed by atoms with van der Waals surface area (Å²) in [6.07, 6.45) is 11.2. The van der Waals surface area contributed by atoms with Crippen molar-refractivity contribution in [2.45, 2.75) is 85.1 Å². The minimum atomic E-state index is 0.796. The molecule has 0 radical (unpaired) electrons. The monoisotopic (exact) mass is 296 g/mol. The second-order valence-electron chi connectivity index (χ2n) is 7.85. The maximum absolute atomic E-state index is 3.83. The first-order valence-corrected chi connectivity index (χ1v) is 9.53. The van der Waals surface area contributed by atoms with E-state index in [2.05, 4.69) is 37.9 Å². The molecule has 1 fully saturated rings. The maximum Gasteiger partial charge on any atom is 0.0107 e. The van der Waals surface area contributed by atoms with Gasteiger partial charge in [0.05, 0.1) is 0 Å². The van der Waals surface area contributed by atoms with E-state index >= 15 is 0 Å². The van der Waals surface area contributed by atoms with Crippen LogP contribution in [0.25, 0.3) is 0 Å². The van der Waals surface area contributed by atoms with Crippen molar-refractivity contribution in [3.8, 4) is 0 Å². The van der Waals surface area contributed by atoms with E-state index in [-0.39, 0.29) is 0 Å². The summed E-state index contributed by atoms with van der Waals surface area (Å²) in [6, 6.07) is 0.796. The molecular formula is C19H40N2. The molecule has 21 heavy (non-hydrogen) atoms. The highest BCUT2D eigenvalue weighted by Crippen LogP contribution is 2.17. The van der Waals surface area contributed by atoms with Crippen LogP contribution in [-0.4, -0.2) is 37.1 Å². The SMILES string of the molecule is CC(C)CCN(CCNC1CCCCCC1)CCC(C)C. The zero-order valence-corrected chi connectivity index (χ0v) is 15.2. The third kappa shape index (κ3) is 10.3. The molecule has 1 rings (SSSR count). The number of nitrogens with zero attached hydrogens (tertiary/aromatic N) is 1. The molecule has 0 amide bonds. The van der Waals surface area contributed by atoms with Crippen LogP contribution in [0.1, 0.15) is 79.1 Å². The smallest absolute Gasteiger partial charge is 0.0107 e. The maximum atomic E-state index is 3.83. The Labute approximate surface area is 134 Å². The lowest BCUT2D eigenvalue weighted by molar-refractivity contribution is 0.239. The fraction of sp³-hybridized carbons (Fsp3) is 1.00. The highest BCUT2D eigenvalue weighted by Gasteiger charge is 2.12. The van der Waals surface area contributed by atoms with E-state index in [0.717, 1.165) is 17.9 Å². The average Bonchev–Trinajstić information content (AvgIpc) is 2.69. The number of hydrogen-bond acceptors (Lipinski definition) is 2. The summed E-state index contributed by atoms with van der Waals surface area (Å²) in [7, 11) is 0. The first-order valence-electron chi connectivity index (χ1n) is 9.53. The van der Waals surface area contributed by atoms with Crippen molar-refractivity contribution in [2.75, 3.05) is 26.2 Å². The van der Waals surface area contributed by atoms with E-state index in [0.29, 0.717) is 0 Å². The number of nitrogens with one attached hydrogen (secondary N) is 1. The summed E-state index contributed by atoms with van der Waals surface area (Å²) >= 11 is 0. The Morgan fingerprint density at radius 1 is 0.810 bits per heavy atom. The van der Waals surface area contributed by atoms with Crippen molar-refractivity contribution in [1.29, 1.82) is 0 Å². The predicted octanol–water partition coefficient (Wildman–Crippen LogP) is 4.69. The quantitative estimate of drug-likeness (QED) is 0.588. The van der Waals surface area contributed by atoms with Gasteiger partial charge in [-0.3, -0.25) is 0 Å².